The van der Waals surface area contributed by atoms with Gasteiger partial charge in [0.2, 0.25) is 0 Å². The standard InChI is InChI=1S/C13H14N4O/c1-2-8(7-18-5-1)11-12-10(6-15-17-12)9-3-4-14-13(9)16-11/h3-4,6,8H,1-2,5,7H2,(H,14,16)(H,15,17). The maximum absolute atomic E-state index is 5.57. The van der Waals surface area contributed by atoms with E-state index in [0.717, 1.165) is 53.7 Å². The minimum atomic E-state index is 0.370. The van der Waals surface area contributed by atoms with Gasteiger partial charge in [-0.1, -0.05) is 0 Å². The molecule has 1 atom stereocenters. The number of rotatable bonds is 1. The van der Waals surface area contributed by atoms with E-state index in [1.807, 2.05) is 18.5 Å². The third-order valence-corrected chi connectivity index (χ3v) is 3.69. The average molecular weight is 242 g/mol. The summed E-state index contributed by atoms with van der Waals surface area (Å²) in [4.78, 5) is 7.94. The molecule has 3 aromatic heterocycles. The van der Waals surface area contributed by atoms with Crippen LogP contribution in [0.5, 0.6) is 0 Å². The van der Waals surface area contributed by atoms with E-state index in [-0.39, 0.29) is 0 Å². The molecule has 4 rings (SSSR count). The quantitative estimate of drug-likeness (QED) is 0.688. The van der Waals surface area contributed by atoms with Crippen LogP contribution in [0.4, 0.5) is 0 Å². The molecule has 5 heteroatoms. The molecule has 3 aromatic rings. The number of fused-ring (bicyclic) bond motifs is 3. The van der Waals surface area contributed by atoms with Crippen molar-refractivity contribution in [3.63, 3.8) is 0 Å². The minimum Gasteiger partial charge on any atom is -0.381 e. The summed E-state index contributed by atoms with van der Waals surface area (Å²) in [5, 5.41) is 9.52. The monoisotopic (exact) mass is 242 g/mol. The van der Waals surface area contributed by atoms with Crippen LogP contribution in [0.2, 0.25) is 0 Å². The number of hydrogen-bond acceptors (Lipinski definition) is 3. The summed E-state index contributed by atoms with van der Waals surface area (Å²) in [6.07, 6.45) is 6.03. The number of nitrogens with zero attached hydrogens (tertiary/aromatic N) is 2. The predicted molar refractivity (Wildman–Crippen MR) is 68.5 cm³/mol. The molecule has 1 fully saturated rings. The first-order chi connectivity index (χ1) is 8.93. The van der Waals surface area contributed by atoms with Crippen molar-refractivity contribution >= 4 is 21.9 Å². The summed E-state index contributed by atoms with van der Waals surface area (Å²) in [6.45, 7) is 1.63. The molecule has 0 amide bonds. The van der Waals surface area contributed by atoms with Gasteiger partial charge in [-0.3, -0.25) is 5.10 Å². The fourth-order valence-electron chi connectivity index (χ4n) is 2.78. The summed E-state index contributed by atoms with van der Waals surface area (Å²) in [5.74, 6) is 0.370. The molecule has 5 nitrogen and oxygen atoms in total. The molecule has 4 heterocycles. The second-order valence-electron chi connectivity index (χ2n) is 4.81. The molecule has 0 aromatic carbocycles. The zero-order valence-electron chi connectivity index (χ0n) is 9.94. The van der Waals surface area contributed by atoms with Gasteiger partial charge in [-0.2, -0.15) is 5.10 Å². The van der Waals surface area contributed by atoms with Gasteiger partial charge in [-0.25, -0.2) is 4.98 Å². The number of ether oxygens (including phenoxy) is 1. The number of hydrogen-bond donors (Lipinski definition) is 2. The minimum absolute atomic E-state index is 0.370. The second kappa shape index (κ2) is 3.81. The maximum Gasteiger partial charge on any atom is 0.138 e. The zero-order chi connectivity index (χ0) is 11.9. The van der Waals surface area contributed by atoms with Gasteiger partial charge in [0.05, 0.1) is 24.0 Å². The van der Waals surface area contributed by atoms with Crippen molar-refractivity contribution in [2.24, 2.45) is 0 Å². The molecule has 0 spiro atoms. The van der Waals surface area contributed by atoms with Crippen molar-refractivity contribution in [1.82, 2.24) is 20.2 Å². The van der Waals surface area contributed by atoms with Gasteiger partial charge in [0.25, 0.3) is 0 Å². The molecule has 1 aliphatic heterocycles. The van der Waals surface area contributed by atoms with E-state index in [9.17, 15) is 0 Å². The van der Waals surface area contributed by atoms with Crippen molar-refractivity contribution in [3.8, 4) is 0 Å². The highest BCUT2D eigenvalue weighted by Gasteiger charge is 2.22. The Kier molecular flexibility index (Phi) is 2.14. The van der Waals surface area contributed by atoms with Crippen LogP contribution in [0.25, 0.3) is 21.9 Å². The van der Waals surface area contributed by atoms with Crippen LogP contribution >= 0.6 is 0 Å². The summed E-state index contributed by atoms with van der Waals surface area (Å²) >= 11 is 0. The topological polar surface area (TPSA) is 66.6 Å². The summed E-state index contributed by atoms with van der Waals surface area (Å²) in [7, 11) is 0. The molecule has 1 aliphatic rings. The van der Waals surface area contributed by atoms with Crippen LogP contribution < -0.4 is 0 Å². The number of aromatic nitrogens is 4. The van der Waals surface area contributed by atoms with Gasteiger partial charge in [0.1, 0.15) is 5.65 Å². The average Bonchev–Trinajstić information content (AvgIpc) is 3.06. The number of pyridine rings is 1. The van der Waals surface area contributed by atoms with Crippen LogP contribution in [0.15, 0.2) is 18.5 Å². The zero-order valence-corrected chi connectivity index (χ0v) is 9.94. The van der Waals surface area contributed by atoms with Gasteiger partial charge in [0, 0.05) is 29.5 Å². The van der Waals surface area contributed by atoms with Gasteiger partial charge >= 0.3 is 0 Å². The molecule has 1 unspecified atom stereocenters. The molecule has 0 saturated carbocycles. The lowest BCUT2D eigenvalue weighted by Crippen LogP contribution is -2.17. The third-order valence-electron chi connectivity index (χ3n) is 3.69. The van der Waals surface area contributed by atoms with E-state index >= 15 is 0 Å². The number of aromatic amines is 2. The molecule has 2 N–H and O–H groups in total. The molecule has 92 valence electrons. The number of nitrogens with one attached hydrogen (secondary N) is 2. The highest BCUT2D eigenvalue weighted by atomic mass is 16.5. The van der Waals surface area contributed by atoms with Crippen molar-refractivity contribution in [2.75, 3.05) is 13.2 Å². The summed E-state index contributed by atoms with van der Waals surface area (Å²) < 4.78 is 5.57. The van der Waals surface area contributed by atoms with Gasteiger partial charge in [-0.05, 0) is 18.9 Å². The molecule has 0 aliphatic carbocycles. The first-order valence-electron chi connectivity index (χ1n) is 6.31. The maximum atomic E-state index is 5.57. The van der Waals surface area contributed by atoms with E-state index < -0.39 is 0 Å². The van der Waals surface area contributed by atoms with E-state index in [4.69, 9.17) is 9.72 Å². The Hall–Kier alpha value is -1.88. The number of H-pyrrole nitrogens is 2. The smallest absolute Gasteiger partial charge is 0.138 e. The van der Waals surface area contributed by atoms with E-state index in [0.29, 0.717) is 5.92 Å². The van der Waals surface area contributed by atoms with Crippen LogP contribution in [0, 0.1) is 0 Å². The highest BCUT2D eigenvalue weighted by Crippen LogP contribution is 2.32. The summed E-state index contributed by atoms with van der Waals surface area (Å²) in [5.41, 5.74) is 3.07. The van der Waals surface area contributed by atoms with E-state index in [2.05, 4.69) is 15.2 Å². The van der Waals surface area contributed by atoms with Crippen LogP contribution in [0.1, 0.15) is 24.5 Å². The van der Waals surface area contributed by atoms with Crippen molar-refractivity contribution in [3.05, 3.63) is 24.2 Å². The lowest BCUT2D eigenvalue weighted by Gasteiger charge is -2.21. The Morgan fingerprint density at radius 2 is 2.33 bits per heavy atom. The normalized spacial score (nSPS) is 20.8. The van der Waals surface area contributed by atoms with Gasteiger partial charge in [-0.15, -0.1) is 0 Å². The van der Waals surface area contributed by atoms with Crippen LogP contribution in [-0.2, 0) is 4.74 Å². The molecular formula is C13H14N4O. The van der Waals surface area contributed by atoms with Gasteiger partial charge in [0.15, 0.2) is 0 Å². The SMILES string of the molecule is c1cc2c(nc(C3CCCOC3)c3[nH]ncc32)[nH]1. The Balaban J connectivity index is 1.97. The van der Waals surface area contributed by atoms with Crippen LogP contribution in [0.3, 0.4) is 0 Å². The van der Waals surface area contributed by atoms with Crippen LogP contribution in [-0.4, -0.2) is 33.4 Å². The lowest BCUT2D eigenvalue weighted by atomic mass is 9.96. The Bertz CT molecular complexity index is 693. The van der Waals surface area contributed by atoms with Crippen molar-refractivity contribution < 1.29 is 4.74 Å². The molecule has 0 radical (unpaired) electrons. The Labute approximate surface area is 104 Å². The molecule has 0 bridgehead atoms. The summed E-state index contributed by atoms with van der Waals surface area (Å²) in [6, 6.07) is 2.04. The fourth-order valence-corrected chi connectivity index (χ4v) is 2.78. The largest absolute Gasteiger partial charge is 0.381 e. The highest BCUT2D eigenvalue weighted by molar-refractivity contribution is 6.04. The lowest BCUT2D eigenvalue weighted by molar-refractivity contribution is 0.0797. The van der Waals surface area contributed by atoms with E-state index in [1.54, 1.807) is 0 Å². The second-order valence-corrected chi connectivity index (χ2v) is 4.81. The van der Waals surface area contributed by atoms with Gasteiger partial charge < -0.3 is 9.72 Å². The van der Waals surface area contributed by atoms with Crippen molar-refractivity contribution in [1.29, 1.82) is 0 Å². The Morgan fingerprint density at radius 3 is 3.22 bits per heavy atom. The fraction of sp³-hybridized carbons (Fsp3) is 0.385. The Morgan fingerprint density at radius 1 is 1.33 bits per heavy atom. The first kappa shape index (κ1) is 10.1. The predicted octanol–water partition coefficient (Wildman–Crippen LogP) is 2.33. The molecule has 18 heavy (non-hydrogen) atoms. The molecular weight excluding hydrogens is 228 g/mol. The van der Waals surface area contributed by atoms with Crippen molar-refractivity contribution in [2.45, 2.75) is 18.8 Å². The molecule has 1 saturated heterocycles. The first-order valence-corrected chi connectivity index (χ1v) is 6.31. The van der Waals surface area contributed by atoms with E-state index in [1.165, 1.54) is 0 Å². The third kappa shape index (κ3) is 1.37.